The first kappa shape index (κ1) is 23.9. The van der Waals surface area contributed by atoms with E-state index in [1.807, 2.05) is 61.2 Å². The van der Waals surface area contributed by atoms with Crippen LogP contribution in [0.5, 0.6) is 0 Å². The van der Waals surface area contributed by atoms with Crippen LogP contribution in [0.4, 0.5) is 0 Å². The average Bonchev–Trinajstić information content (AvgIpc) is 3.26. The third-order valence-electron chi connectivity index (χ3n) is 6.94. The molecule has 0 N–H and O–H groups in total. The van der Waals surface area contributed by atoms with Crippen molar-refractivity contribution in [3.05, 3.63) is 84.2 Å². The highest BCUT2D eigenvalue weighted by Crippen LogP contribution is 2.29. The predicted octanol–water partition coefficient (Wildman–Crippen LogP) is 5.17. The topological polar surface area (TPSA) is 57.9 Å². The molecular formula is C30H32N4O2. The van der Waals surface area contributed by atoms with Crippen molar-refractivity contribution in [2.24, 2.45) is 5.92 Å². The molecule has 6 heteroatoms. The van der Waals surface area contributed by atoms with Gasteiger partial charge in [0.05, 0.1) is 11.4 Å². The second-order valence-corrected chi connectivity index (χ2v) is 9.81. The Labute approximate surface area is 212 Å². The molecule has 1 aliphatic rings. The van der Waals surface area contributed by atoms with Gasteiger partial charge in [-0.1, -0.05) is 68.4 Å². The largest absolute Gasteiger partial charge is 0.340 e. The summed E-state index contributed by atoms with van der Waals surface area (Å²) in [6.45, 7) is 9.45. The molecule has 0 spiro atoms. The second kappa shape index (κ2) is 10.1. The van der Waals surface area contributed by atoms with Crippen LogP contribution >= 0.6 is 0 Å². The van der Waals surface area contributed by atoms with Gasteiger partial charge in [-0.2, -0.15) is 0 Å². The number of ketones is 1. The maximum absolute atomic E-state index is 12.4. The van der Waals surface area contributed by atoms with Gasteiger partial charge in [-0.05, 0) is 30.2 Å². The molecule has 3 heterocycles. The van der Waals surface area contributed by atoms with E-state index in [-0.39, 0.29) is 17.6 Å². The van der Waals surface area contributed by atoms with Crippen LogP contribution in [0.2, 0.25) is 0 Å². The fourth-order valence-electron chi connectivity index (χ4n) is 4.84. The molecule has 1 amide bonds. The number of piperazine rings is 1. The van der Waals surface area contributed by atoms with Gasteiger partial charge in [0.1, 0.15) is 5.65 Å². The number of amides is 1. The number of Topliss-reactive ketones (excluding diaryl/α,β-unsaturated/α-hetero) is 1. The lowest BCUT2D eigenvalue weighted by atomic mass is 10.0. The minimum Gasteiger partial charge on any atom is -0.340 e. The highest BCUT2D eigenvalue weighted by molar-refractivity contribution is 5.94. The molecule has 0 saturated carbocycles. The minimum absolute atomic E-state index is 0.0305. The molecule has 1 saturated heterocycles. The number of benzene rings is 2. The Balaban J connectivity index is 1.49. The van der Waals surface area contributed by atoms with Crippen LogP contribution in [-0.2, 0) is 11.3 Å². The Bertz CT molecular complexity index is 1380. The summed E-state index contributed by atoms with van der Waals surface area (Å²) in [5.74, 6) is 0.328. The molecule has 36 heavy (non-hydrogen) atoms. The van der Waals surface area contributed by atoms with Crippen molar-refractivity contribution >= 4 is 17.3 Å². The van der Waals surface area contributed by atoms with Crippen molar-refractivity contribution in [2.75, 3.05) is 26.2 Å². The van der Waals surface area contributed by atoms with E-state index in [1.54, 1.807) is 6.92 Å². The van der Waals surface area contributed by atoms with Gasteiger partial charge >= 0.3 is 0 Å². The summed E-state index contributed by atoms with van der Waals surface area (Å²) < 4.78 is 2.20. The van der Waals surface area contributed by atoms with Crippen LogP contribution in [0.15, 0.2) is 72.9 Å². The van der Waals surface area contributed by atoms with Crippen molar-refractivity contribution in [2.45, 2.75) is 27.3 Å². The van der Waals surface area contributed by atoms with Crippen LogP contribution < -0.4 is 0 Å². The normalized spacial score (nSPS) is 14.5. The molecule has 0 atom stereocenters. The number of pyridine rings is 1. The van der Waals surface area contributed by atoms with Crippen LogP contribution in [0.1, 0.15) is 36.8 Å². The molecule has 0 aliphatic carbocycles. The van der Waals surface area contributed by atoms with Gasteiger partial charge in [-0.3, -0.25) is 14.5 Å². The maximum Gasteiger partial charge on any atom is 0.225 e. The zero-order chi connectivity index (χ0) is 25.2. The molecule has 1 aliphatic heterocycles. The van der Waals surface area contributed by atoms with Crippen molar-refractivity contribution in [1.29, 1.82) is 0 Å². The SMILES string of the molecule is CC(=O)c1ccc(-c2ccc3nc(-c4ccccc4)c(CN4CCN(C(=O)C(C)C)CC4)n3c2)cc1. The average molecular weight is 481 g/mol. The first-order valence-electron chi connectivity index (χ1n) is 12.6. The zero-order valence-electron chi connectivity index (χ0n) is 21.1. The Morgan fingerprint density at radius 1 is 0.833 bits per heavy atom. The van der Waals surface area contributed by atoms with E-state index in [9.17, 15) is 9.59 Å². The standard InChI is InChI=1S/C30H32N4O2/c1-21(2)30(36)33-17-15-32(16-18-33)20-27-29(25-7-5-4-6-8-25)31-28-14-13-26(19-34(27)28)24-11-9-23(10-12-24)22(3)35/h4-14,19,21H,15-18,20H2,1-3H3. The molecule has 0 bridgehead atoms. The van der Waals surface area contributed by atoms with Gasteiger partial charge in [0, 0.05) is 56.0 Å². The maximum atomic E-state index is 12.4. The Kier molecular flexibility index (Phi) is 6.70. The van der Waals surface area contributed by atoms with Crippen molar-refractivity contribution in [3.63, 3.8) is 0 Å². The fraction of sp³-hybridized carbons (Fsp3) is 0.300. The molecular weight excluding hydrogens is 448 g/mol. The molecule has 2 aromatic carbocycles. The number of hydrogen-bond donors (Lipinski definition) is 0. The predicted molar refractivity (Wildman–Crippen MR) is 143 cm³/mol. The third kappa shape index (κ3) is 4.82. The Morgan fingerprint density at radius 2 is 1.50 bits per heavy atom. The van der Waals surface area contributed by atoms with E-state index in [1.165, 1.54) is 0 Å². The molecule has 184 valence electrons. The molecule has 5 rings (SSSR count). The van der Waals surface area contributed by atoms with Crippen LogP contribution in [0, 0.1) is 5.92 Å². The second-order valence-electron chi connectivity index (χ2n) is 9.81. The fourth-order valence-corrected chi connectivity index (χ4v) is 4.84. The number of imidazole rings is 1. The highest BCUT2D eigenvalue weighted by Gasteiger charge is 2.25. The van der Waals surface area contributed by atoms with Gasteiger partial charge < -0.3 is 9.30 Å². The third-order valence-corrected chi connectivity index (χ3v) is 6.94. The first-order chi connectivity index (χ1) is 17.4. The van der Waals surface area contributed by atoms with Gasteiger partial charge in [0.2, 0.25) is 5.91 Å². The van der Waals surface area contributed by atoms with Crippen LogP contribution in [-0.4, -0.2) is 57.1 Å². The van der Waals surface area contributed by atoms with Crippen molar-refractivity contribution < 1.29 is 9.59 Å². The zero-order valence-corrected chi connectivity index (χ0v) is 21.1. The molecule has 0 unspecified atom stereocenters. The summed E-state index contributed by atoms with van der Waals surface area (Å²) >= 11 is 0. The summed E-state index contributed by atoms with van der Waals surface area (Å²) in [4.78, 5) is 33.5. The lowest BCUT2D eigenvalue weighted by Gasteiger charge is -2.35. The van der Waals surface area contributed by atoms with E-state index in [4.69, 9.17) is 4.98 Å². The van der Waals surface area contributed by atoms with E-state index >= 15 is 0 Å². The molecule has 4 aromatic rings. The summed E-state index contributed by atoms with van der Waals surface area (Å²) in [5.41, 5.74) is 6.97. The smallest absolute Gasteiger partial charge is 0.225 e. The molecule has 1 fully saturated rings. The summed E-state index contributed by atoms with van der Waals surface area (Å²) in [7, 11) is 0. The number of aromatic nitrogens is 2. The van der Waals surface area contributed by atoms with Crippen LogP contribution in [0.25, 0.3) is 28.0 Å². The molecule has 6 nitrogen and oxygen atoms in total. The monoisotopic (exact) mass is 480 g/mol. The van der Waals surface area contributed by atoms with Gasteiger partial charge in [-0.25, -0.2) is 4.98 Å². The lowest BCUT2D eigenvalue weighted by Crippen LogP contribution is -2.49. The summed E-state index contributed by atoms with van der Waals surface area (Å²) in [5, 5.41) is 0. The van der Waals surface area contributed by atoms with Gasteiger partial charge in [0.15, 0.2) is 5.78 Å². The molecule has 0 radical (unpaired) electrons. The van der Waals surface area contributed by atoms with Gasteiger partial charge in [-0.15, -0.1) is 0 Å². The number of carbonyl (C=O) groups excluding carboxylic acids is 2. The Morgan fingerprint density at radius 3 is 2.14 bits per heavy atom. The van der Waals surface area contributed by atoms with Crippen LogP contribution in [0.3, 0.4) is 0 Å². The van der Waals surface area contributed by atoms with E-state index in [0.717, 1.165) is 66.4 Å². The number of nitrogens with zero attached hydrogens (tertiary/aromatic N) is 4. The number of carbonyl (C=O) groups is 2. The van der Waals surface area contributed by atoms with E-state index in [0.29, 0.717) is 5.56 Å². The van der Waals surface area contributed by atoms with Crippen molar-refractivity contribution in [1.82, 2.24) is 19.2 Å². The van der Waals surface area contributed by atoms with Crippen molar-refractivity contribution in [3.8, 4) is 22.4 Å². The number of fused-ring (bicyclic) bond motifs is 1. The molecule has 2 aromatic heterocycles. The quantitative estimate of drug-likeness (QED) is 0.357. The summed E-state index contributed by atoms with van der Waals surface area (Å²) in [6.07, 6.45) is 2.14. The Hall–Kier alpha value is -3.77. The number of hydrogen-bond acceptors (Lipinski definition) is 4. The summed E-state index contributed by atoms with van der Waals surface area (Å²) in [6, 6.07) is 22.2. The van der Waals surface area contributed by atoms with E-state index in [2.05, 4.69) is 39.8 Å². The lowest BCUT2D eigenvalue weighted by molar-refractivity contribution is -0.136. The van der Waals surface area contributed by atoms with E-state index < -0.39 is 0 Å². The van der Waals surface area contributed by atoms with Gasteiger partial charge in [0.25, 0.3) is 0 Å². The minimum atomic E-state index is 0.0305. The number of rotatable bonds is 6. The first-order valence-corrected chi connectivity index (χ1v) is 12.6. The highest BCUT2D eigenvalue weighted by atomic mass is 16.2.